The SMILES string of the molecule is Cc1cc(-c2noc(C(N)C(C)C)n2)cc(C)c1Br. The molecule has 0 saturated carbocycles. The van der Waals surface area contributed by atoms with E-state index >= 15 is 0 Å². The summed E-state index contributed by atoms with van der Waals surface area (Å²) in [6, 6.07) is 3.85. The van der Waals surface area contributed by atoms with Crippen LogP contribution in [0.15, 0.2) is 21.1 Å². The average molecular weight is 324 g/mol. The van der Waals surface area contributed by atoms with E-state index in [2.05, 4.69) is 26.1 Å². The molecule has 0 fully saturated rings. The van der Waals surface area contributed by atoms with Crippen molar-refractivity contribution in [2.45, 2.75) is 33.7 Å². The average Bonchev–Trinajstić information content (AvgIpc) is 2.83. The number of rotatable bonds is 3. The van der Waals surface area contributed by atoms with Crippen molar-refractivity contribution in [1.82, 2.24) is 10.1 Å². The lowest BCUT2D eigenvalue weighted by Gasteiger charge is -2.09. The Kier molecular flexibility index (Phi) is 4.06. The van der Waals surface area contributed by atoms with E-state index < -0.39 is 0 Å². The molecule has 2 N–H and O–H groups in total. The van der Waals surface area contributed by atoms with Crippen molar-refractivity contribution in [2.75, 3.05) is 0 Å². The van der Waals surface area contributed by atoms with Crippen LogP contribution >= 0.6 is 15.9 Å². The van der Waals surface area contributed by atoms with Gasteiger partial charge in [0.15, 0.2) is 0 Å². The van der Waals surface area contributed by atoms with Gasteiger partial charge < -0.3 is 10.3 Å². The lowest BCUT2D eigenvalue weighted by Crippen LogP contribution is -2.16. The highest BCUT2D eigenvalue weighted by molar-refractivity contribution is 9.10. The molecule has 0 saturated heterocycles. The third-order valence-electron chi connectivity index (χ3n) is 3.14. The first-order valence-electron chi connectivity index (χ1n) is 6.26. The summed E-state index contributed by atoms with van der Waals surface area (Å²) in [6.07, 6.45) is 0. The number of hydrogen-bond acceptors (Lipinski definition) is 4. The monoisotopic (exact) mass is 323 g/mol. The van der Waals surface area contributed by atoms with Crippen molar-refractivity contribution in [3.8, 4) is 11.4 Å². The van der Waals surface area contributed by atoms with Crippen LogP contribution in [0.3, 0.4) is 0 Å². The summed E-state index contributed by atoms with van der Waals surface area (Å²) in [7, 11) is 0. The fraction of sp³-hybridized carbons (Fsp3) is 0.429. The van der Waals surface area contributed by atoms with E-state index in [1.165, 1.54) is 0 Å². The molecule has 1 aromatic carbocycles. The molecule has 2 rings (SSSR count). The van der Waals surface area contributed by atoms with Crippen LogP contribution in [0.25, 0.3) is 11.4 Å². The largest absolute Gasteiger partial charge is 0.337 e. The van der Waals surface area contributed by atoms with Crippen LogP contribution < -0.4 is 5.73 Å². The van der Waals surface area contributed by atoms with Gasteiger partial charge in [0, 0.05) is 10.0 Å². The molecular formula is C14H18BrN3O. The minimum absolute atomic E-state index is 0.223. The van der Waals surface area contributed by atoms with E-state index in [0.717, 1.165) is 21.2 Å². The molecule has 0 radical (unpaired) electrons. The predicted molar refractivity (Wildman–Crippen MR) is 78.7 cm³/mol. The van der Waals surface area contributed by atoms with Crippen molar-refractivity contribution < 1.29 is 4.52 Å². The van der Waals surface area contributed by atoms with Crippen LogP contribution in [-0.2, 0) is 0 Å². The van der Waals surface area contributed by atoms with Crippen LogP contribution in [-0.4, -0.2) is 10.1 Å². The van der Waals surface area contributed by atoms with Gasteiger partial charge in [-0.3, -0.25) is 0 Å². The maximum atomic E-state index is 6.01. The molecule has 5 heteroatoms. The highest BCUT2D eigenvalue weighted by Crippen LogP contribution is 2.28. The van der Waals surface area contributed by atoms with Gasteiger partial charge in [-0.15, -0.1) is 0 Å². The molecule has 1 unspecified atom stereocenters. The van der Waals surface area contributed by atoms with Gasteiger partial charge in [-0.1, -0.05) is 34.9 Å². The third-order valence-corrected chi connectivity index (χ3v) is 4.39. The second-order valence-electron chi connectivity index (χ2n) is 5.15. The fourth-order valence-corrected chi connectivity index (χ4v) is 2.08. The minimum atomic E-state index is -0.223. The molecule has 102 valence electrons. The number of hydrogen-bond donors (Lipinski definition) is 1. The normalized spacial score (nSPS) is 13.0. The summed E-state index contributed by atoms with van der Waals surface area (Å²) in [6.45, 7) is 8.15. The molecule has 0 aliphatic heterocycles. The number of aryl methyl sites for hydroxylation is 2. The summed E-state index contributed by atoms with van der Waals surface area (Å²) in [5.74, 6) is 1.34. The second-order valence-corrected chi connectivity index (χ2v) is 5.94. The number of aromatic nitrogens is 2. The molecule has 0 aliphatic carbocycles. The molecule has 1 heterocycles. The van der Waals surface area contributed by atoms with Gasteiger partial charge >= 0.3 is 0 Å². The van der Waals surface area contributed by atoms with E-state index in [4.69, 9.17) is 10.3 Å². The first kappa shape index (κ1) is 14.2. The molecule has 19 heavy (non-hydrogen) atoms. The lowest BCUT2D eigenvalue weighted by atomic mass is 10.1. The Labute approximate surface area is 121 Å². The quantitative estimate of drug-likeness (QED) is 0.933. The minimum Gasteiger partial charge on any atom is -0.337 e. The van der Waals surface area contributed by atoms with Gasteiger partial charge in [0.1, 0.15) is 0 Å². The first-order chi connectivity index (χ1) is 8.90. The number of halogens is 1. The van der Waals surface area contributed by atoms with Crippen molar-refractivity contribution in [3.63, 3.8) is 0 Å². The van der Waals surface area contributed by atoms with Gasteiger partial charge in [0.2, 0.25) is 11.7 Å². The topological polar surface area (TPSA) is 64.9 Å². The zero-order valence-electron chi connectivity index (χ0n) is 11.6. The standard InChI is InChI=1S/C14H18BrN3O/c1-7(2)12(16)14-17-13(18-19-14)10-5-8(3)11(15)9(4)6-10/h5-7,12H,16H2,1-4H3. The maximum absolute atomic E-state index is 6.01. The molecule has 1 atom stereocenters. The Morgan fingerprint density at radius 3 is 2.32 bits per heavy atom. The summed E-state index contributed by atoms with van der Waals surface area (Å²) in [4.78, 5) is 4.40. The number of nitrogens with two attached hydrogens (primary N) is 1. The molecular weight excluding hydrogens is 306 g/mol. The van der Waals surface area contributed by atoms with Crippen LogP contribution in [0.1, 0.15) is 36.9 Å². The Balaban J connectivity index is 2.38. The molecule has 0 spiro atoms. The summed E-state index contributed by atoms with van der Waals surface area (Å²) in [5, 5.41) is 4.02. The van der Waals surface area contributed by atoms with Crippen LogP contribution in [0.2, 0.25) is 0 Å². The third kappa shape index (κ3) is 2.87. The van der Waals surface area contributed by atoms with E-state index in [9.17, 15) is 0 Å². The van der Waals surface area contributed by atoms with E-state index in [1.807, 2.05) is 39.8 Å². The predicted octanol–water partition coefficient (Wildman–Crippen LogP) is 3.77. The lowest BCUT2D eigenvalue weighted by molar-refractivity contribution is 0.325. The van der Waals surface area contributed by atoms with Crippen molar-refractivity contribution in [2.24, 2.45) is 11.7 Å². The van der Waals surface area contributed by atoms with E-state index in [0.29, 0.717) is 11.7 Å². The summed E-state index contributed by atoms with van der Waals surface area (Å²) in [5.41, 5.74) is 9.25. The number of nitrogens with zero attached hydrogens (tertiary/aromatic N) is 2. The number of benzene rings is 1. The van der Waals surface area contributed by atoms with Gasteiger partial charge in [0.25, 0.3) is 0 Å². The summed E-state index contributed by atoms with van der Waals surface area (Å²) >= 11 is 3.55. The fourth-order valence-electron chi connectivity index (χ4n) is 1.85. The molecule has 4 nitrogen and oxygen atoms in total. The van der Waals surface area contributed by atoms with Crippen LogP contribution in [0.4, 0.5) is 0 Å². The Bertz CT molecular complexity index is 569. The zero-order chi connectivity index (χ0) is 14.2. The van der Waals surface area contributed by atoms with Gasteiger partial charge in [-0.25, -0.2) is 0 Å². The Morgan fingerprint density at radius 2 is 1.79 bits per heavy atom. The molecule has 0 bridgehead atoms. The van der Waals surface area contributed by atoms with E-state index in [-0.39, 0.29) is 12.0 Å². The maximum Gasteiger partial charge on any atom is 0.244 e. The molecule has 2 aromatic rings. The van der Waals surface area contributed by atoms with Crippen LogP contribution in [0, 0.1) is 19.8 Å². The Hall–Kier alpha value is -1.20. The summed E-state index contributed by atoms with van der Waals surface area (Å²) < 4.78 is 6.36. The molecule has 0 amide bonds. The van der Waals surface area contributed by atoms with Crippen LogP contribution in [0.5, 0.6) is 0 Å². The highest BCUT2D eigenvalue weighted by Gasteiger charge is 2.19. The van der Waals surface area contributed by atoms with Gasteiger partial charge in [-0.2, -0.15) is 4.98 Å². The molecule has 0 aliphatic rings. The zero-order valence-corrected chi connectivity index (χ0v) is 13.2. The molecule has 1 aromatic heterocycles. The van der Waals surface area contributed by atoms with Gasteiger partial charge in [0.05, 0.1) is 6.04 Å². The van der Waals surface area contributed by atoms with Crippen molar-refractivity contribution in [1.29, 1.82) is 0 Å². The smallest absolute Gasteiger partial charge is 0.244 e. The Morgan fingerprint density at radius 1 is 1.21 bits per heavy atom. The van der Waals surface area contributed by atoms with Crippen molar-refractivity contribution >= 4 is 15.9 Å². The van der Waals surface area contributed by atoms with E-state index in [1.54, 1.807) is 0 Å². The highest BCUT2D eigenvalue weighted by atomic mass is 79.9. The first-order valence-corrected chi connectivity index (χ1v) is 7.05. The van der Waals surface area contributed by atoms with Gasteiger partial charge in [-0.05, 0) is 43.0 Å². The second kappa shape index (κ2) is 5.43. The van der Waals surface area contributed by atoms with Crippen molar-refractivity contribution in [3.05, 3.63) is 33.6 Å².